The number of rotatable bonds is 8. The van der Waals surface area contributed by atoms with Gasteiger partial charge in [0.15, 0.2) is 0 Å². The van der Waals surface area contributed by atoms with E-state index in [0.29, 0.717) is 40.4 Å². The molecule has 0 radical (unpaired) electrons. The van der Waals surface area contributed by atoms with Crippen molar-refractivity contribution in [2.24, 2.45) is 0 Å². The lowest BCUT2D eigenvalue weighted by molar-refractivity contribution is 0.188. The van der Waals surface area contributed by atoms with Crippen molar-refractivity contribution in [2.45, 2.75) is 32.7 Å². The molecule has 0 fully saturated rings. The van der Waals surface area contributed by atoms with Gasteiger partial charge in [-0.05, 0) is 77.8 Å². The number of unbranched alkanes of at least 4 members (excludes halogenated alkanes) is 1. The molecule has 1 unspecified atom stereocenters. The highest BCUT2D eigenvalue weighted by Crippen LogP contribution is 2.27. The lowest BCUT2D eigenvalue weighted by Gasteiger charge is -2.31. The smallest absolute Gasteiger partial charge is 0.322 e. The van der Waals surface area contributed by atoms with Crippen molar-refractivity contribution in [3.8, 4) is 11.4 Å². The molecule has 186 valence electrons. The zero-order chi connectivity index (χ0) is 25.7. The Hall–Kier alpha value is -3.65. The maximum atomic E-state index is 13.7. The zero-order valence-corrected chi connectivity index (χ0v) is 22.2. The second kappa shape index (κ2) is 11.4. The average Bonchev–Trinajstić information content (AvgIpc) is 2.90. The van der Waals surface area contributed by atoms with Gasteiger partial charge in [0, 0.05) is 11.0 Å². The van der Waals surface area contributed by atoms with E-state index < -0.39 is 6.04 Å². The number of aromatic nitrogens is 2. The van der Waals surface area contributed by atoms with Crippen molar-refractivity contribution in [3.05, 3.63) is 93.4 Å². The highest BCUT2D eigenvalue weighted by Gasteiger charge is 2.27. The van der Waals surface area contributed by atoms with Crippen LogP contribution in [0.1, 0.15) is 38.6 Å². The van der Waals surface area contributed by atoms with E-state index >= 15 is 0 Å². The number of nitrogens with one attached hydrogen (secondary N) is 1. The van der Waals surface area contributed by atoms with Crippen LogP contribution in [0.2, 0.25) is 0 Å². The molecule has 1 aromatic heterocycles. The third-order valence-electron chi connectivity index (χ3n) is 6.10. The number of fused-ring (bicyclic) bond motifs is 1. The highest BCUT2D eigenvalue weighted by atomic mass is 79.9. The molecular weight excluding hydrogens is 520 g/mol. The first-order valence-electron chi connectivity index (χ1n) is 11.9. The largest absolute Gasteiger partial charge is 0.497 e. The van der Waals surface area contributed by atoms with Gasteiger partial charge in [0.2, 0.25) is 0 Å². The molecule has 0 spiro atoms. The number of nitrogens with zero attached hydrogens (tertiary/aromatic N) is 3. The van der Waals surface area contributed by atoms with Crippen LogP contribution in [-0.2, 0) is 0 Å². The summed E-state index contributed by atoms with van der Waals surface area (Å²) in [6.07, 6.45) is 1.73. The first kappa shape index (κ1) is 25.4. The molecule has 4 aromatic rings. The molecule has 1 heterocycles. The standard InChI is InChI=1S/C28H29BrN4O3/c1-4-5-18-32(28(35)31-25-13-9-7-11-23(25)29)19(2)26-30-24-12-8-6-10-22(24)27(34)33(26)20-14-16-21(36-3)17-15-20/h6-17,19H,4-5,18H2,1-3H3,(H,31,35). The molecule has 7 nitrogen and oxygen atoms in total. The van der Waals surface area contributed by atoms with Crippen LogP contribution in [0.25, 0.3) is 16.6 Å². The molecule has 3 aromatic carbocycles. The number of hydrogen-bond donors (Lipinski definition) is 1. The fourth-order valence-corrected chi connectivity index (χ4v) is 4.48. The molecule has 0 saturated carbocycles. The Balaban J connectivity index is 1.83. The van der Waals surface area contributed by atoms with Crippen molar-refractivity contribution in [1.29, 1.82) is 0 Å². The van der Waals surface area contributed by atoms with Crippen molar-refractivity contribution in [2.75, 3.05) is 19.0 Å². The van der Waals surface area contributed by atoms with Gasteiger partial charge >= 0.3 is 6.03 Å². The molecule has 8 heteroatoms. The number of carbonyl (C=O) groups excluding carboxylic acids is 1. The number of ether oxygens (including phenoxy) is 1. The Kier molecular flexibility index (Phi) is 8.05. The summed E-state index contributed by atoms with van der Waals surface area (Å²) in [5.74, 6) is 1.18. The summed E-state index contributed by atoms with van der Waals surface area (Å²) < 4.78 is 7.68. The van der Waals surface area contributed by atoms with Gasteiger partial charge in [-0.15, -0.1) is 0 Å². The molecule has 1 N–H and O–H groups in total. The zero-order valence-electron chi connectivity index (χ0n) is 20.6. The summed E-state index contributed by atoms with van der Waals surface area (Å²) in [6.45, 7) is 4.50. The summed E-state index contributed by atoms with van der Waals surface area (Å²) in [4.78, 5) is 33.9. The second-order valence-corrected chi connectivity index (χ2v) is 9.31. The highest BCUT2D eigenvalue weighted by molar-refractivity contribution is 9.10. The number of benzene rings is 3. The maximum absolute atomic E-state index is 13.7. The maximum Gasteiger partial charge on any atom is 0.322 e. The minimum absolute atomic E-state index is 0.186. The Morgan fingerprint density at radius 1 is 1.08 bits per heavy atom. The molecular formula is C28H29BrN4O3. The van der Waals surface area contributed by atoms with Gasteiger partial charge in [0.1, 0.15) is 11.6 Å². The topological polar surface area (TPSA) is 76.5 Å². The van der Waals surface area contributed by atoms with Crippen LogP contribution in [0.5, 0.6) is 5.75 Å². The predicted octanol–water partition coefficient (Wildman–Crippen LogP) is 6.55. The Labute approximate surface area is 218 Å². The lowest BCUT2D eigenvalue weighted by Crippen LogP contribution is -2.40. The van der Waals surface area contributed by atoms with Crippen LogP contribution >= 0.6 is 15.9 Å². The fourth-order valence-electron chi connectivity index (χ4n) is 4.10. The SMILES string of the molecule is CCCCN(C(=O)Nc1ccccc1Br)C(C)c1nc2ccccc2c(=O)n1-c1ccc(OC)cc1. The summed E-state index contributed by atoms with van der Waals surface area (Å²) in [6, 6.07) is 21.3. The molecule has 0 aliphatic carbocycles. The second-order valence-electron chi connectivity index (χ2n) is 8.46. The number of methoxy groups -OCH3 is 1. The van der Waals surface area contributed by atoms with E-state index in [9.17, 15) is 9.59 Å². The van der Waals surface area contributed by atoms with Gasteiger partial charge in [0.25, 0.3) is 5.56 Å². The number of para-hydroxylation sites is 2. The predicted molar refractivity (Wildman–Crippen MR) is 147 cm³/mol. The average molecular weight is 549 g/mol. The Bertz CT molecular complexity index is 1420. The lowest BCUT2D eigenvalue weighted by atomic mass is 10.1. The van der Waals surface area contributed by atoms with Crippen LogP contribution in [-0.4, -0.2) is 34.1 Å². The summed E-state index contributed by atoms with van der Waals surface area (Å²) in [5, 5.41) is 3.52. The van der Waals surface area contributed by atoms with Gasteiger partial charge in [-0.3, -0.25) is 9.36 Å². The van der Waals surface area contributed by atoms with E-state index in [1.54, 1.807) is 34.8 Å². The molecule has 4 rings (SSSR count). The number of urea groups is 1. The first-order valence-corrected chi connectivity index (χ1v) is 12.7. The van der Waals surface area contributed by atoms with Gasteiger partial charge in [-0.25, -0.2) is 9.78 Å². The third-order valence-corrected chi connectivity index (χ3v) is 6.79. The van der Waals surface area contributed by atoms with E-state index in [0.717, 1.165) is 17.3 Å². The van der Waals surface area contributed by atoms with Crippen LogP contribution < -0.4 is 15.6 Å². The number of anilines is 1. The number of carbonyl (C=O) groups is 1. The fraction of sp³-hybridized carbons (Fsp3) is 0.250. The Morgan fingerprint density at radius 3 is 2.47 bits per heavy atom. The molecule has 1 atom stereocenters. The molecule has 36 heavy (non-hydrogen) atoms. The van der Waals surface area contributed by atoms with E-state index in [1.165, 1.54) is 0 Å². The molecule has 0 saturated heterocycles. The van der Waals surface area contributed by atoms with Crippen LogP contribution in [0, 0.1) is 0 Å². The van der Waals surface area contributed by atoms with Crippen LogP contribution in [0.4, 0.5) is 10.5 Å². The van der Waals surface area contributed by atoms with Crippen molar-refractivity contribution < 1.29 is 9.53 Å². The summed E-state index contributed by atoms with van der Waals surface area (Å²) >= 11 is 3.50. The number of hydrogen-bond acceptors (Lipinski definition) is 4. The molecule has 0 bridgehead atoms. The van der Waals surface area contributed by atoms with Gasteiger partial charge in [0.05, 0.1) is 35.4 Å². The van der Waals surface area contributed by atoms with Crippen LogP contribution in [0.15, 0.2) is 82.1 Å². The number of halogens is 1. The van der Waals surface area contributed by atoms with Crippen molar-refractivity contribution in [3.63, 3.8) is 0 Å². The monoisotopic (exact) mass is 548 g/mol. The van der Waals surface area contributed by atoms with Crippen LogP contribution in [0.3, 0.4) is 0 Å². The normalized spacial score (nSPS) is 11.8. The summed E-state index contributed by atoms with van der Waals surface area (Å²) in [5.41, 5.74) is 1.74. The summed E-state index contributed by atoms with van der Waals surface area (Å²) in [7, 11) is 1.60. The molecule has 0 aliphatic rings. The van der Waals surface area contributed by atoms with E-state index in [2.05, 4.69) is 28.2 Å². The van der Waals surface area contributed by atoms with E-state index in [4.69, 9.17) is 9.72 Å². The Morgan fingerprint density at radius 2 is 1.78 bits per heavy atom. The van der Waals surface area contributed by atoms with E-state index in [1.807, 2.05) is 61.5 Å². The van der Waals surface area contributed by atoms with Gasteiger partial charge in [-0.1, -0.05) is 37.6 Å². The molecule has 0 aliphatic heterocycles. The van der Waals surface area contributed by atoms with Crippen molar-refractivity contribution in [1.82, 2.24) is 14.5 Å². The minimum Gasteiger partial charge on any atom is -0.497 e. The van der Waals surface area contributed by atoms with Crippen molar-refractivity contribution >= 4 is 38.6 Å². The van der Waals surface area contributed by atoms with Gasteiger partial charge in [-0.2, -0.15) is 0 Å². The van der Waals surface area contributed by atoms with Gasteiger partial charge < -0.3 is 15.0 Å². The first-order chi connectivity index (χ1) is 17.4. The quantitative estimate of drug-likeness (QED) is 0.270. The molecule has 2 amide bonds. The minimum atomic E-state index is -0.488. The van der Waals surface area contributed by atoms with E-state index in [-0.39, 0.29) is 11.6 Å². The third kappa shape index (κ3) is 5.28. The number of amides is 2.